The molecule has 0 atom stereocenters. The van der Waals surface area contributed by atoms with Gasteiger partial charge in [0, 0.05) is 18.2 Å². The lowest BCUT2D eigenvalue weighted by Gasteiger charge is -2.18. The van der Waals surface area contributed by atoms with Crippen LogP contribution >= 0.6 is 0 Å². The third-order valence-electron chi connectivity index (χ3n) is 5.89. The number of aliphatic imine (C=N–C) groups is 2. The molecule has 3 aromatic carbocycles. The van der Waals surface area contributed by atoms with E-state index in [-0.39, 0.29) is 17.9 Å². The second-order valence-corrected chi connectivity index (χ2v) is 8.47. The quantitative estimate of drug-likeness (QED) is 0.0618. The Morgan fingerprint density at radius 1 is 1.00 bits per heavy atom. The number of carbonyl (C=O) groups excluding carboxylic acids is 1. The third-order valence-corrected chi connectivity index (χ3v) is 5.89. The summed E-state index contributed by atoms with van der Waals surface area (Å²) in [6.45, 7) is 5.99. The van der Waals surface area contributed by atoms with E-state index in [1.165, 1.54) is 7.11 Å². The van der Waals surface area contributed by atoms with E-state index in [4.69, 9.17) is 21.7 Å². The van der Waals surface area contributed by atoms with Gasteiger partial charge in [0.05, 0.1) is 19.0 Å². The number of para-hydroxylation sites is 1. The predicted molar refractivity (Wildman–Crippen MR) is 170 cm³/mol. The highest BCUT2D eigenvalue weighted by atomic mass is 16.5. The molecule has 7 nitrogen and oxygen atoms in total. The molecule has 41 heavy (non-hydrogen) atoms. The number of methoxy groups -OCH3 is 1. The molecule has 0 aliphatic carbocycles. The molecule has 0 aliphatic heterocycles. The first kappa shape index (κ1) is 32.0. The van der Waals surface area contributed by atoms with Gasteiger partial charge in [0.1, 0.15) is 12.3 Å². The average molecular weight is 549 g/mol. The molecule has 0 aliphatic rings. The summed E-state index contributed by atoms with van der Waals surface area (Å²) >= 11 is 0. The van der Waals surface area contributed by atoms with Crippen molar-refractivity contribution in [2.24, 2.45) is 20.9 Å². The molecule has 0 saturated heterocycles. The van der Waals surface area contributed by atoms with Gasteiger partial charge >= 0.3 is 5.97 Å². The van der Waals surface area contributed by atoms with E-state index >= 15 is 0 Å². The molecular formula is C34H36N4O3. The summed E-state index contributed by atoms with van der Waals surface area (Å²) in [6, 6.07) is 24.7. The minimum Gasteiger partial charge on any atom is -0.487 e. The number of nitrogens with zero attached hydrogens (tertiary/aromatic N) is 3. The molecule has 3 rings (SSSR count). The Bertz CT molecular complexity index is 1480. The van der Waals surface area contributed by atoms with Crippen LogP contribution in [0.5, 0.6) is 0 Å². The lowest BCUT2D eigenvalue weighted by molar-refractivity contribution is -0.135. The lowest BCUT2D eigenvalue weighted by atomic mass is 9.93. The Balaban J connectivity index is 0.00000138. The van der Waals surface area contributed by atoms with Crippen molar-refractivity contribution in [3.05, 3.63) is 113 Å². The minimum atomic E-state index is -0.655. The van der Waals surface area contributed by atoms with Crippen LogP contribution in [-0.2, 0) is 20.9 Å². The van der Waals surface area contributed by atoms with Crippen LogP contribution in [0.15, 0.2) is 106 Å². The standard InChI is InChI=1S/C31H29N3O3.C3H7N/c1-5-22(3)28-19-24(29(34-32)20-33-25-15-11-8-12-16-25)17-18-27(28)30(26(6-2)31(35)36-4)37-21-23-13-9-7-10-14-23;1-3-4-2/h2,5,7-20H,21,32H2,1,3-4H3;3H,1-2H3/b22-5-,30-26-,33-20?,34-29+;. The fraction of sp³-hybridized carbons (Fsp3) is 0.176. The summed E-state index contributed by atoms with van der Waals surface area (Å²) in [5, 5.41) is 3.94. The molecule has 0 unspecified atom stereocenters. The molecule has 0 aromatic heterocycles. The van der Waals surface area contributed by atoms with E-state index < -0.39 is 5.97 Å². The number of benzene rings is 3. The van der Waals surface area contributed by atoms with Gasteiger partial charge < -0.3 is 20.3 Å². The van der Waals surface area contributed by atoms with E-state index in [1.807, 2.05) is 106 Å². The highest BCUT2D eigenvalue weighted by Crippen LogP contribution is 2.31. The van der Waals surface area contributed by atoms with Crippen LogP contribution in [-0.4, -0.2) is 38.3 Å². The minimum absolute atomic E-state index is 0.00492. The Morgan fingerprint density at radius 3 is 2.17 bits per heavy atom. The van der Waals surface area contributed by atoms with Crippen LogP contribution in [0, 0.1) is 12.3 Å². The monoisotopic (exact) mass is 548 g/mol. The normalized spacial score (nSPS) is 12.3. The van der Waals surface area contributed by atoms with E-state index in [1.54, 1.807) is 19.5 Å². The van der Waals surface area contributed by atoms with Crippen LogP contribution in [0.2, 0.25) is 0 Å². The van der Waals surface area contributed by atoms with Gasteiger partial charge in [-0.05, 0) is 68.0 Å². The number of allylic oxidation sites excluding steroid dienone is 2. The summed E-state index contributed by atoms with van der Waals surface area (Å²) in [6.07, 6.45) is 11.1. The second kappa shape index (κ2) is 17.4. The number of esters is 1. The number of hydrazone groups is 1. The molecule has 2 N–H and O–H groups in total. The SMILES string of the molecule is C#C/C(C(=O)OC)=C(/OCc1ccccc1)c1ccc(/C(C=Nc2ccccc2)=N/N)cc1/C(C)=C\C.CC=NC. The number of hydrogen-bond acceptors (Lipinski definition) is 7. The first-order chi connectivity index (χ1) is 19.9. The Hall–Kier alpha value is -5.22. The number of terminal acetylenes is 1. The first-order valence-corrected chi connectivity index (χ1v) is 12.9. The van der Waals surface area contributed by atoms with Gasteiger partial charge in [-0.3, -0.25) is 4.99 Å². The maximum Gasteiger partial charge on any atom is 0.350 e. The molecule has 3 aromatic rings. The topological polar surface area (TPSA) is 98.6 Å². The fourth-order valence-corrected chi connectivity index (χ4v) is 3.55. The summed E-state index contributed by atoms with van der Waals surface area (Å²) in [7, 11) is 3.03. The van der Waals surface area contributed by atoms with E-state index in [0.29, 0.717) is 11.3 Å². The van der Waals surface area contributed by atoms with Crippen LogP contribution < -0.4 is 5.84 Å². The Morgan fingerprint density at radius 2 is 1.63 bits per heavy atom. The van der Waals surface area contributed by atoms with Gasteiger partial charge in [0.25, 0.3) is 0 Å². The van der Waals surface area contributed by atoms with Crippen molar-refractivity contribution in [3.63, 3.8) is 0 Å². The smallest absolute Gasteiger partial charge is 0.350 e. The lowest BCUT2D eigenvalue weighted by Crippen LogP contribution is -2.11. The maximum absolute atomic E-state index is 12.6. The largest absolute Gasteiger partial charge is 0.487 e. The number of hydrogen-bond donors (Lipinski definition) is 1. The van der Waals surface area contributed by atoms with Gasteiger partial charge in [-0.15, -0.1) is 6.42 Å². The van der Waals surface area contributed by atoms with Crippen LogP contribution in [0.1, 0.15) is 43.0 Å². The molecule has 0 radical (unpaired) electrons. The molecule has 210 valence electrons. The molecule has 0 amide bonds. The highest BCUT2D eigenvalue weighted by Gasteiger charge is 2.21. The molecule has 0 fully saturated rings. The summed E-state index contributed by atoms with van der Waals surface area (Å²) in [5.41, 5.74) is 5.31. The van der Waals surface area contributed by atoms with Crippen molar-refractivity contribution < 1.29 is 14.3 Å². The van der Waals surface area contributed by atoms with Crippen LogP contribution in [0.25, 0.3) is 11.3 Å². The number of ether oxygens (including phenoxy) is 2. The first-order valence-electron chi connectivity index (χ1n) is 12.9. The van der Waals surface area contributed by atoms with Gasteiger partial charge in [-0.2, -0.15) is 5.10 Å². The second-order valence-electron chi connectivity index (χ2n) is 8.47. The highest BCUT2D eigenvalue weighted by molar-refractivity contribution is 6.38. The molecule has 0 bridgehead atoms. The van der Waals surface area contributed by atoms with Crippen LogP contribution in [0.4, 0.5) is 5.69 Å². The van der Waals surface area contributed by atoms with Gasteiger partial charge in [-0.25, -0.2) is 4.79 Å². The summed E-state index contributed by atoms with van der Waals surface area (Å²) < 4.78 is 11.1. The predicted octanol–water partition coefficient (Wildman–Crippen LogP) is 6.62. The van der Waals surface area contributed by atoms with Gasteiger partial charge in [0.2, 0.25) is 0 Å². The van der Waals surface area contributed by atoms with Crippen molar-refractivity contribution in [2.75, 3.05) is 14.2 Å². The molecular weight excluding hydrogens is 512 g/mol. The number of rotatable bonds is 9. The summed E-state index contributed by atoms with van der Waals surface area (Å²) in [4.78, 5) is 20.7. The van der Waals surface area contributed by atoms with Crippen LogP contribution in [0.3, 0.4) is 0 Å². The number of nitrogens with two attached hydrogens (primary N) is 1. The van der Waals surface area contributed by atoms with Crippen molar-refractivity contribution >= 4 is 41.1 Å². The Labute approximate surface area is 242 Å². The third kappa shape index (κ3) is 9.48. The van der Waals surface area contributed by atoms with Crippen molar-refractivity contribution in [3.8, 4) is 12.3 Å². The zero-order valence-corrected chi connectivity index (χ0v) is 24.2. The van der Waals surface area contributed by atoms with E-state index in [2.05, 4.69) is 21.0 Å². The zero-order valence-electron chi connectivity index (χ0n) is 24.2. The Kier molecular flexibility index (Phi) is 13.6. The van der Waals surface area contributed by atoms with Crippen molar-refractivity contribution in [1.82, 2.24) is 0 Å². The molecule has 0 spiro atoms. The zero-order chi connectivity index (χ0) is 30.0. The molecule has 7 heteroatoms. The maximum atomic E-state index is 12.6. The van der Waals surface area contributed by atoms with E-state index in [9.17, 15) is 4.79 Å². The van der Waals surface area contributed by atoms with Gasteiger partial charge in [-0.1, -0.05) is 66.6 Å². The van der Waals surface area contributed by atoms with E-state index in [0.717, 1.165) is 28.0 Å². The van der Waals surface area contributed by atoms with Crippen molar-refractivity contribution in [2.45, 2.75) is 27.4 Å². The number of carbonyl (C=O) groups is 1. The van der Waals surface area contributed by atoms with Gasteiger partial charge in [0.15, 0.2) is 11.3 Å². The molecule has 0 saturated carbocycles. The fourth-order valence-electron chi connectivity index (χ4n) is 3.55. The van der Waals surface area contributed by atoms with Crippen molar-refractivity contribution in [1.29, 1.82) is 0 Å². The average Bonchev–Trinajstić information content (AvgIpc) is 3.03. The molecule has 0 heterocycles. The summed E-state index contributed by atoms with van der Waals surface area (Å²) in [5.74, 6) is 7.78.